The van der Waals surface area contributed by atoms with Gasteiger partial charge in [0, 0.05) is 18.8 Å². The minimum absolute atomic E-state index is 0.0395. The van der Waals surface area contributed by atoms with E-state index in [1.807, 2.05) is 0 Å². The second kappa shape index (κ2) is 7.47. The molecule has 0 bridgehead atoms. The van der Waals surface area contributed by atoms with Gasteiger partial charge in [-0.2, -0.15) is 0 Å². The first-order chi connectivity index (χ1) is 9.28. The van der Waals surface area contributed by atoms with Crippen LogP contribution in [0, 0.1) is 5.92 Å². The van der Waals surface area contributed by atoms with Gasteiger partial charge in [0.15, 0.2) is 0 Å². The molecule has 7 nitrogen and oxygen atoms in total. The standard InChI is InChI=1S/C12H22N2O5S/c1-20(18,19)7-3-6-13-12(17)14-10-5-2-4-9(8-10)11(15)16/h9-10H,2-8H2,1H3,(H,15,16)(H2,13,14,17). The van der Waals surface area contributed by atoms with Crippen molar-refractivity contribution in [3.63, 3.8) is 0 Å². The quantitative estimate of drug-likeness (QED) is 0.613. The smallest absolute Gasteiger partial charge is 0.315 e. The number of carboxylic acid groups (broad SMARTS) is 1. The zero-order valence-corrected chi connectivity index (χ0v) is 12.4. The van der Waals surface area contributed by atoms with Crippen LogP contribution < -0.4 is 10.6 Å². The Morgan fingerprint density at radius 1 is 1.30 bits per heavy atom. The van der Waals surface area contributed by atoms with Gasteiger partial charge >= 0.3 is 12.0 Å². The van der Waals surface area contributed by atoms with Crippen LogP contribution in [0.4, 0.5) is 4.79 Å². The largest absolute Gasteiger partial charge is 0.481 e. The highest BCUT2D eigenvalue weighted by molar-refractivity contribution is 7.90. The fourth-order valence-corrected chi connectivity index (χ4v) is 2.99. The van der Waals surface area contributed by atoms with Gasteiger partial charge in [-0.25, -0.2) is 13.2 Å². The fraction of sp³-hybridized carbons (Fsp3) is 0.833. The fourth-order valence-electron chi connectivity index (χ4n) is 2.32. The first-order valence-corrected chi connectivity index (χ1v) is 8.79. The number of carbonyl (C=O) groups excluding carboxylic acids is 1. The van der Waals surface area contributed by atoms with Crippen molar-refractivity contribution < 1.29 is 23.1 Å². The van der Waals surface area contributed by atoms with Crippen LogP contribution in [0.3, 0.4) is 0 Å². The van der Waals surface area contributed by atoms with E-state index < -0.39 is 15.8 Å². The van der Waals surface area contributed by atoms with E-state index >= 15 is 0 Å². The summed E-state index contributed by atoms with van der Waals surface area (Å²) in [6, 6.07) is -0.491. The molecule has 0 aromatic rings. The summed E-state index contributed by atoms with van der Waals surface area (Å²) >= 11 is 0. The zero-order chi connectivity index (χ0) is 15.2. The minimum atomic E-state index is -3.00. The molecule has 20 heavy (non-hydrogen) atoms. The number of sulfone groups is 1. The number of carbonyl (C=O) groups is 2. The van der Waals surface area contributed by atoms with E-state index in [4.69, 9.17) is 5.11 Å². The predicted molar refractivity (Wildman–Crippen MR) is 74.2 cm³/mol. The third-order valence-corrected chi connectivity index (χ3v) is 4.37. The Hall–Kier alpha value is -1.31. The molecule has 8 heteroatoms. The van der Waals surface area contributed by atoms with E-state index in [1.54, 1.807) is 0 Å². The van der Waals surface area contributed by atoms with Gasteiger partial charge in [0.1, 0.15) is 9.84 Å². The van der Waals surface area contributed by atoms with Crippen molar-refractivity contribution in [2.45, 2.75) is 38.1 Å². The number of rotatable bonds is 6. The van der Waals surface area contributed by atoms with Crippen LogP contribution in [0.15, 0.2) is 0 Å². The van der Waals surface area contributed by atoms with Crippen molar-refractivity contribution in [2.24, 2.45) is 5.92 Å². The van der Waals surface area contributed by atoms with Gasteiger partial charge in [-0.15, -0.1) is 0 Å². The van der Waals surface area contributed by atoms with Crippen molar-refractivity contribution >= 4 is 21.8 Å². The molecule has 1 aliphatic carbocycles. The molecule has 3 N–H and O–H groups in total. The molecule has 1 saturated carbocycles. The van der Waals surface area contributed by atoms with Gasteiger partial charge in [-0.05, 0) is 25.7 Å². The molecule has 0 aromatic heterocycles. The van der Waals surface area contributed by atoms with Crippen LogP contribution in [-0.4, -0.2) is 50.1 Å². The topological polar surface area (TPSA) is 113 Å². The van der Waals surface area contributed by atoms with Gasteiger partial charge in [-0.3, -0.25) is 4.79 Å². The van der Waals surface area contributed by atoms with E-state index in [2.05, 4.69) is 10.6 Å². The highest BCUT2D eigenvalue weighted by Gasteiger charge is 2.27. The van der Waals surface area contributed by atoms with Gasteiger partial charge in [0.2, 0.25) is 0 Å². The third kappa shape index (κ3) is 6.74. The maximum atomic E-state index is 11.6. The zero-order valence-electron chi connectivity index (χ0n) is 11.6. The molecule has 116 valence electrons. The monoisotopic (exact) mass is 306 g/mol. The summed E-state index contributed by atoms with van der Waals surface area (Å²) in [4.78, 5) is 22.5. The molecule has 2 unspecified atom stereocenters. The third-order valence-electron chi connectivity index (χ3n) is 3.34. The van der Waals surface area contributed by atoms with E-state index in [9.17, 15) is 18.0 Å². The Labute approximate surface area is 119 Å². The lowest BCUT2D eigenvalue weighted by molar-refractivity contribution is -0.143. The average molecular weight is 306 g/mol. The lowest BCUT2D eigenvalue weighted by Gasteiger charge is -2.27. The van der Waals surface area contributed by atoms with Crippen LogP contribution in [0.2, 0.25) is 0 Å². The number of urea groups is 1. The van der Waals surface area contributed by atoms with Crippen LogP contribution in [-0.2, 0) is 14.6 Å². The number of amides is 2. The SMILES string of the molecule is CS(=O)(=O)CCCNC(=O)NC1CCCC(C(=O)O)C1. The molecule has 0 heterocycles. The Morgan fingerprint density at radius 2 is 2.00 bits per heavy atom. The summed E-state index contributed by atoms with van der Waals surface area (Å²) in [7, 11) is -3.00. The van der Waals surface area contributed by atoms with Crippen LogP contribution in [0.25, 0.3) is 0 Å². The van der Waals surface area contributed by atoms with Crippen molar-refractivity contribution in [1.29, 1.82) is 0 Å². The Bertz CT molecular complexity index is 449. The van der Waals surface area contributed by atoms with Crippen molar-refractivity contribution in [3.05, 3.63) is 0 Å². The molecule has 2 atom stereocenters. The molecule has 0 aliphatic heterocycles. The van der Waals surface area contributed by atoms with Crippen molar-refractivity contribution in [3.8, 4) is 0 Å². The van der Waals surface area contributed by atoms with E-state index in [0.29, 0.717) is 19.3 Å². The Balaban J connectivity index is 2.23. The first-order valence-electron chi connectivity index (χ1n) is 6.73. The maximum Gasteiger partial charge on any atom is 0.315 e. The highest BCUT2D eigenvalue weighted by Crippen LogP contribution is 2.24. The number of hydrogen-bond acceptors (Lipinski definition) is 4. The maximum absolute atomic E-state index is 11.6. The first kappa shape index (κ1) is 16.7. The lowest BCUT2D eigenvalue weighted by atomic mass is 9.86. The normalized spacial score (nSPS) is 23.1. The van der Waals surface area contributed by atoms with Crippen molar-refractivity contribution in [1.82, 2.24) is 10.6 Å². The summed E-state index contributed by atoms with van der Waals surface area (Å²) < 4.78 is 21.8. The second-order valence-electron chi connectivity index (χ2n) is 5.28. The second-order valence-corrected chi connectivity index (χ2v) is 7.54. The predicted octanol–water partition coefficient (Wildman–Crippen LogP) is 0.364. The number of hydrogen-bond donors (Lipinski definition) is 3. The molecule has 0 saturated heterocycles. The number of aliphatic carboxylic acids is 1. The van der Waals surface area contributed by atoms with E-state index in [1.165, 1.54) is 0 Å². The average Bonchev–Trinajstić information content (AvgIpc) is 2.34. The van der Waals surface area contributed by atoms with Gasteiger partial charge < -0.3 is 15.7 Å². The number of carboxylic acids is 1. The molecule has 2 amide bonds. The molecule has 0 radical (unpaired) electrons. The van der Waals surface area contributed by atoms with Gasteiger partial charge in [0.05, 0.1) is 11.7 Å². The molecule has 0 spiro atoms. The molecule has 1 rings (SSSR count). The summed E-state index contributed by atoms with van der Waals surface area (Å²) in [5.41, 5.74) is 0. The Morgan fingerprint density at radius 3 is 2.60 bits per heavy atom. The summed E-state index contributed by atoms with van der Waals surface area (Å²) in [6.45, 7) is 0.286. The molecular formula is C12H22N2O5S. The van der Waals surface area contributed by atoms with Crippen LogP contribution in [0.1, 0.15) is 32.1 Å². The van der Waals surface area contributed by atoms with Crippen LogP contribution >= 0.6 is 0 Å². The highest BCUT2D eigenvalue weighted by atomic mass is 32.2. The molecule has 0 aromatic carbocycles. The number of nitrogens with one attached hydrogen (secondary N) is 2. The molecule has 1 aliphatic rings. The summed E-state index contributed by atoms with van der Waals surface area (Å²) in [5.74, 6) is -1.16. The van der Waals surface area contributed by atoms with E-state index in [-0.39, 0.29) is 30.3 Å². The van der Waals surface area contributed by atoms with E-state index in [0.717, 1.165) is 19.1 Å². The van der Waals surface area contributed by atoms with Gasteiger partial charge in [-0.1, -0.05) is 6.42 Å². The molecule has 1 fully saturated rings. The van der Waals surface area contributed by atoms with Gasteiger partial charge in [0.25, 0.3) is 0 Å². The summed E-state index contributed by atoms with van der Waals surface area (Å²) in [5, 5.41) is 14.3. The minimum Gasteiger partial charge on any atom is -0.481 e. The molecular weight excluding hydrogens is 284 g/mol. The van der Waals surface area contributed by atoms with Crippen molar-refractivity contribution in [2.75, 3.05) is 18.6 Å². The summed E-state index contributed by atoms with van der Waals surface area (Å²) in [6.07, 6.45) is 4.20. The Kier molecular flexibility index (Phi) is 6.25. The van der Waals surface area contributed by atoms with Crippen LogP contribution in [0.5, 0.6) is 0 Å². The lowest BCUT2D eigenvalue weighted by Crippen LogP contribution is -2.45.